The van der Waals surface area contributed by atoms with Crippen LogP contribution in [0.5, 0.6) is 11.5 Å². The van der Waals surface area contributed by atoms with Crippen LogP contribution in [-0.4, -0.2) is 74.6 Å². The second kappa shape index (κ2) is 9.21. The average Bonchev–Trinajstić information content (AvgIpc) is 3.11. The predicted octanol–water partition coefficient (Wildman–Crippen LogP) is 1.07. The van der Waals surface area contributed by atoms with Crippen molar-refractivity contribution in [2.24, 2.45) is 0 Å². The zero-order chi connectivity index (χ0) is 18.4. The summed E-state index contributed by atoms with van der Waals surface area (Å²) >= 11 is 0. The van der Waals surface area contributed by atoms with Crippen molar-refractivity contribution in [2.75, 3.05) is 52.9 Å². The Morgan fingerprint density at radius 2 is 2.04 bits per heavy atom. The number of benzene rings is 1. The van der Waals surface area contributed by atoms with E-state index in [-0.39, 0.29) is 5.91 Å². The summed E-state index contributed by atoms with van der Waals surface area (Å²) in [5.74, 6) is 1.70. The molecule has 7 nitrogen and oxygen atoms in total. The van der Waals surface area contributed by atoms with E-state index in [1.54, 1.807) is 0 Å². The van der Waals surface area contributed by atoms with Gasteiger partial charge in [0.15, 0.2) is 11.5 Å². The molecule has 0 saturated carbocycles. The molecule has 2 aliphatic heterocycles. The average molecular weight is 363 g/mol. The van der Waals surface area contributed by atoms with Gasteiger partial charge < -0.3 is 19.5 Å². The van der Waals surface area contributed by atoms with E-state index < -0.39 is 0 Å². The molecule has 1 atom stereocenters. The lowest BCUT2D eigenvalue weighted by molar-refractivity contribution is -0.124. The Hall–Kier alpha value is -1.83. The Kier molecular flexibility index (Phi) is 6.71. The third-order valence-corrected chi connectivity index (χ3v) is 4.95. The standard InChI is InChI=1S/C19H29N3O4/c1-3-22(13-20-19(23)12-21-6-8-24-9-7-21)15(2)10-16-4-5-17-18(11-16)26-14-25-17/h4-5,11,15H,3,6-10,12-14H2,1-2H3,(H,20,23). The van der Waals surface area contributed by atoms with Gasteiger partial charge in [-0.1, -0.05) is 13.0 Å². The van der Waals surface area contributed by atoms with E-state index in [9.17, 15) is 4.79 Å². The number of carbonyl (C=O) groups is 1. The van der Waals surface area contributed by atoms with Gasteiger partial charge in [-0.3, -0.25) is 14.6 Å². The van der Waals surface area contributed by atoms with Gasteiger partial charge in [0.05, 0.1) is 26.4 Å². The van der Waals surface area contributed by atoms with Gasteiger partial charge in [-0.2, -0.15) is 0 Å². The van der Waals surface area contributed by atoms with Crippen LogP contribution in [0.4, 0.5) is 0 Å². The van der Waals surface area contributed by atoms with Crippen LogP contribution in [0, 0.1) is 0 Å². The van der Waals surface area contributed by atoms with E-state index >= 15 is 0 Å². The second-order valence-electron chi connectivity index (χ2n) is 6.79. The maximum atomic E-state index is 12.2. The van der Waals surface area contributed by atoms with Gasteiger partial charge in [-0.05, 0) is 37.6 Å². The number of hydrogen-bond acceptors (Lipinski definition) is 6. The van der Waals surface area contributed by atoms with Gasteiger partial charge in [-0.25, -0.2) is 0 Å². The number of nitrogens with zero attached hydrogens (tertiary/aromatic N) is 2. The van der Waals surface area contributed by atoms with Crippen LogP contribution in [0.15, 0.2) is 18.2 Å². The van der Waals surface area contributed by atoms with Crippen LogP contribution in [0.3, 0.4) is 0 Å². The molecule has 2 heterocycles. The molecular weight excluding hydrogens is 334 g/mol. The normalized spacial score (nSPS) is 18.1. The monoisotopic (exact) mass is 363 g/mol. The number of morpholine rings is 1. The minimum atomic E-state index is 0.0700. The molecule has 0 spiro atoms. The fourth-order valence-corrected chi connectivity index (χ4v) is 3.33. The van der Waals surface area contributed by atoms with Crippen molar-refractivity contribution in [1.29, 1.82) is 0 Å². The van der Waals surface area contributed by atoms with Crippen molar-refractivity contribution in [1.82, 2.24) is 15.1 Å². The van der Waals surface area contributed by atoms with Gasteiger partial charge in [0.1, 0.15) is 0 Å². The van der Waals surface area contributed by atoms with Gasteiger partial charge in [-0.15, -0.1) is 0 Å². The summed E-state index contributed by atoms with van der Waals surface area (Å²) in [7, 11) is 0. The van der Waals surface area contributed by atoms with Gasteiger partial charge in [0, 0.05) is 19.1 Å². The van der Waals surface area contributed by atoms with Crippen LogP contribution < -0.4 is 14.8 Å². The highest BCUT2D eigenvalue weighted by Crippen LogP contribution is 2.32. The van der Waals surface area contributed by atoms with E-state index in [1.165, 1.54) is 5.56 Å². The summed E-state index contributed by atoms with van der Waals surface area (Å²) in [5, 5.41) is 3.05. The molecule has 1 fully saturated rings. The lowest BCUT2D eigenvalue weighted by Gasteiger charge is -2.29. The number of fused-ring (bicyclic) bond motifs is 1. The highest BCUT2D eigenvalue weighted by molar-refractivity contribution is 5.77. The molecule has 0 radical (unpaired) electrons. The number of carbonyl (C=O) groups excluding carboxylic acids is 1. The molecule has 2 aliphatic rings. The molecule has 0 bridgehead atoms. The first-order valence-electron chi connectivity index (χ1n) is 9.35. The van der Waals surface area contributed by atoms with E-state index in [2.05, 4.69) is 35.0 Å². The number of likely N-dealkylation sites (N-methyl/N-ethyl adjacent to an activating group) is 1. The zero-order valence-corrected chi connectivity index (χ0v) is 15.7. The minimum Gasteiger partial charge on any atom is -0.454 e. The van der Waals surface area contributed by atoms with Crippen LogP contribution >= 0.6 is 0 Å². The zero-order valence-electron chi connectivity index (χ0n) is 15.7. The summed E-state index contributed by atoms with van der Waals surface area (Å²) in [6.07, 6.45) is 0.893. The second-order valence-corrected chi connectivity index (χ2v) is 6.79. The fraction of sp³-hybridized carbons (Fsp3) is 0.632. The third-order valence-electron chi connectivity index (χ3n) is 4.95. The minimum absolute atomic E-state index is 0.0700. The Labute approximate surface area is 155 Å². The summed E-state index contributed by atoms with van der Waals surface area (Å²) < 4.78 is 16.1. The molecule has 1 amide bonds. The van der Waals surface area contributed by atoms with E-state index in [0.717, 1.165) is 37.6 Å². The third kappa shape index (κ3) is 5.09. The molecule has 26 heavy (non-hydrogen) atoms. The van der Waals surface area contributed by atoms with Gasteiger partial charge >= 0.3 is 0 Å². The first kappa shape index (κ1) is 18.9. The molecule has 1 aromatic carbocycles. The predicted molar refractivity (Wildman–Crippen MR) is 98.4 cm³/mol. The van der Waals surface area contributed by atoms with Crippen LogP contribution in [0.25, 0.3) is 0 Å². The molecule has 1 aromatic rings. The summed E-state index contributed by atoms with van der Waals surface area (Å²) in [6.45, 7) is 9.54. The quantitative estimate of drug-likeness (QED) is 0.697. The molecule has 0 aromatic heterocycles. The van der Waals surface area contributed by atoms with Crippen molar-refractivity contribution < 1.29 is 19.0 Å². The SMILES string of the molecule is CCN(CNC(=O)CN1CCOCC1)C(C)Cc1ccc2c(c1)OCO2. The van der Waals surface area contributed by atoms with Crippen LogP contribution in [0.2, 0.25) is 0 Å². The topological polar surface area (TPSA) is 63.3 Å². The maximum Gasteiger partial charge on any atom is 0.235 e. The molecule has 1 unspecified atom stereocenters. The van der Waals surface area contributed by atoms with Crippen molar-refractivity contribution in [3.05, 3.63) is 23.8 Å². The molecule has 0 aliphatic carbocycles. The molecular formula is C19H29N3O4. The van der Waals surface area contributed by atoms with Gasteiger partial charge in [0.25, 0.3) is 0 Å². The van der Waals surface area contributed by atoms with Crippen molar-refractivity contribution >= 4 is 5.91 Å². The molecule has 7 heteroatoms. The first-order chi connectivity index (χ1) is 12.7. The van der Waals surface area contributed by atoms with Crippen molar-refractivity contribution in [2.45, 2.75) is 26.3 Å². The maximum absolute atomic E-state index is 12.2. The van der Waals surface area contributed by atoms with Crippen LogP contribution in [0.1, 0.15) is 19.4 Å². The number of rotatable bonds is 8. The lowest BCUT2D eigenvalue weighted by atomic mass is 10.1. The Bertz CT molecular complexity index is 604. The van der Waals surface area contributed by atoms with E-state index in [4.69, 9.17) is 14.2 Å². The van der Waals surface area contributed by atoms with Crippen LogP contribution in [-0.2, 0) is 16.0 Å². The van der Waals surface area contributed by atoms with Crippen molar-refractivity contribution in [3.63, 3.8) is 0 Å². The molecule has 1 N–H and O–H groups in total. The fourth-order valence-electron chi connectivity index (χ4n) is 3.33. The summed E-state index contributed by atoms with van der Waals surface area (Å²) in [5.41, 5.74) is 1.21. The Balaban J connectivity index is 1.45. The number of ether oxygens (including phenoxy) is 3. The Morgan fingerprint density at radius 3 is 2.81 bits per heavy atom. The molecule has 1 saturated heterocycles. The van der Waals surface area contributed by atoms with Crippen molar-refractivity contribution in [3.8, 4) is 11.5 Å². The number of hydrogen-bond donors (Lipinski definition) is 1. The molecule has 144 valence electrons. The number of nitrogens with one attached hydrogen (secondary N) is 1. The highest BCUT2D eigenvalue weighted by atomic mass is 16.7. The summed E-state index contributed by atoms with van der Waals surface area (Å²) in [6, 6.07) is 6.40. The van der Waals surface area contributed by atoms with E-state index in [1.807, 2.05) is 12.1 Å². The highest BCUT2D eigenvalue weighted by Gasteiger charge is 2.18. The smallest absolute Gasteiger partial charge is 0.235 e. The van der Waals surface area contributed by atoms with Gasteiger partial charge in [0.2, 0.25) is 12.7 Å². The first-order valence-corrected chi connectivity index (χ1v) is 9.35. The van der Waals surface area contributed by atoms with E-state index in [0.29, 0.717) is 39.3 Å². The lowest BCUT2D eigenvalue weighted by Crippen LogP contribution is -2.47. The number of amides is 1. The summed E-state index contributed by atoms with van der Waals surface area (Å²) in [4.78, 5) is 16.6. The molecule has 3 rings (SSSR count). The largest absolute Gasteiger partial charge is 0.454 e. The Morgan fingerprint density at radius 1 is 1.27 bits per heavy atom.